The molecule has 0 spiro atoms. The van der Waals surface area contributed by atoms with Crippen LogP contribution >= 0.6 is 0 Å². The Morgan fingerprint density at radius 3 is 2.52 bits per heavy atom. The fourth-order valence-electron chi connectivity index (χ4n) is 3.39. The lowest BCUT2D eigenvalue weighted by Crippen LogP contribution is -2.47. The number of carbonyl (C=O) groups is 1. The van der Waals surface area contributed by atoms with Gasteiger partial charge >= 0.3 is 0 Å². The second-order valence-corrected chi connectivity index (χ2v) is 6.83. The number of aryl methyl sites for hydroxylation is 1. The zero-order valence-electron chi connectivity index (χ0n) is 16.5. The summed E-state index contributed by atoms with van der Waals surface area (Å²) >= 11 is 0. The van der Waals surface area contributed by atoms with Gasteiger partial charge in [-0.05, 0) is 31.2 Å². The predicted octanol–water partition coefficient (Wildman–Crippen LogP) is 2.97. The lowest BCUT2D eigenvalue weighted by molar-refractivity contribution is 0.102. The molecule has 1 aliphatic rings. The van der Waals surface area contributed by atoms with Crippen LogP contribution in [0.5, 0.6) is 5.75 Å². The number of nitrogens with zero attached hydrogens (tertiary/aromatic N) is 4. The topological polar surface area (TPSA) is 83.7 Å². The summed E-state index contributed by atoms with van der Waals surface area (Å²) in [7, 11) is 1.69. The van der Waals surface area contributed by atoms with Crippen molar-refractivity contribution < 1.29 is 14.1 Å². The highest BCUT2D eigenvalue weighted by Gasteiger charge is 2.20. The lowest BCUT2D eigenvalue weighted by Gasteiger charge is -2.37. The molecule has 1 aromatic carbocycles. The normalized spacial score (nSPS) is 14.0. The molecule has 8 heteroatoms. The van der Waals surface area contributed by atoms with Crippen molar-refractivity contribution in [1.29, 1.82) is 0 Å². The third-order valence-electron chi connectivity index (χ3n) is 4.91. The van der Waals surface area contributed by atoms with Gasteiger partial charge in [-0.1, -0.05) is 17.3 Å². The molecule has 0 aliphatic carbocycles. The van der Waals surface area contributed by atoms with Crippen LogP contribution in [0.4, 0.5) is 17.3 Å². The Bertz CT molecular complexity index is 978. The quantitative estimate of drug-likeness (QED) is 0.713. The van der Waals surface area contributed by atoms with E-state index in [1.807, 2.05) is 24.3 Å². The Labute approximate surface area is 169 Å². The SMILES string of the molecule is COc1ccccc1N1CCN(c2ccc(C(=O)Nc3cc(C)on3)cn2)CC1. The minimum atomic E-state index is -0.265. The van der Waals surface area contributed by atoms with Gasteiger partial charge < -0.3 is 24.4 Å². The smallest absolute Gasteiger partial charge is 0.258 e. The van der Waals surface area contributed by atoms with E-state index in [2.05, 4.69) is 31.3 Å². The van der Waals surface area contributed by atoms with E-state index in [4.69, 9.17) is 9.26 Å². The molecule has 29 heavy (non-hydrogen) atoms. The molecule has 3 heterocycles. The van der Waals surface area contributed by atoms with Gasteiger partial charge in [0.25, 0.3) is 5.91 Å². The summed E-state index contributed by atoms with van der Waals surface area (Å²) in [5, 5.41) is 6.46. The number of amides is 1. The number of rotatable bonds is 5. The van der Waals surface area contributed by atoms with Crippen LogP contribution in [0.25, 0.3) is 0 Å². The largest absolute Gasteiger partial charge is 0.495 e. The van der Waals surface area contributed by atoms with Crippen LogP contribution in [0.2, 0.25) is 0 Å². The van der Waals surface area contributed by atoms with Crippen molar-refractivity contribution >= 4 is 23.2 Å². The monoisotopic (exact) mass is 393 g/mol. The van der Waals surface area contributed by atoms with Gasteiger partial charge in [-0.2, -0.15) is 0 Å². The Morgan fingerprint density at radius 1 is 1.10 bits per heavy atom. The summed E-state index contributed by atoms with van der Waals surface area (Å²) in [6.07, 6.45) is 1.59. The fourth-order valence-corrected chi connectivity index (χ4v) is 3.39. The number of benzene rings is 1. The second-order valence-electron chi connectivity index (χ2n) is 6.83. The van der Waals surface area contributed by atoms with Gasteiger partial charge in [-0.15, -0.1) is 0 Å². The van der Waals surface area contributed by atoms with Gasteiger partial charge in [-0.25, -0.2) is 4.98 Å². The number of ether oxygens (including phenoxy) is 1. The van der Waals surface area contributed by atoms with Crippen LogP contribution in [0, 0.1) is 6.92 Å². The number of pyridine rings is 1. The molecule has 0 unspecified atom stereocenters. The van der Waals surface area contributed by atoms with E-state index in [9.17, 15) is 4.79 Å². The molecule has 0 bridgehead atoms. The number of hydrogen-bond acceptors (Lipinski definition) is 7. The van der Waals surface area contributed by atoms with E-state index in [1.54, 1.807) is 32.4 Å². The Morgan fingerprint density at radius 2 is 1.86 bits per heavy atom. The van der Waals surface area contributed by atoms with Crippen molar-refractivity contribution in [3.05, 3.63) is 60.0 Å². The summed E-state index contributed by atoms with van der Waals surface area (Å²) in [6.45, 7) is 5.20. The van der Waals surface area contributed by atoms with E-state index < -0.39 is 0 Å². The second kappa shape index (κ2) is 8.22. The first-order chi connectivity index (χ1) is 14.1. The number of methoxy groups -OCH3 is 1. The molecule has 4 rings (SSSR count). The number of nitrogens with one attached hydrogen (secondary N) is 1. The van der Waals surface area contributed by atoms with Crippen molar-refractivity contribution in [2.24, 2.45) is 0 Å². The van der Waals surface area contributed by atoms with Gasteiger partial charge in [0, 0.05) is 38.4 Å². The van der Waals surface area contributed by atoms with Gasteiger partial charge in [0.15, 0.2) is 5.82 Å². The number of carbonyl (C=O) groups excluding carboxylic acids is 1. The first kappa shape index (κ1) is 18.8. The van der Waals surface area contributed by atoms with Gasteiger partial charge in [0.2, 0.25) is 0 Å². The highest BCUT2D eigenvalue weighted by Crippen LogP contribution is 2.29. The molecule has 3 aromatic rings. The zero-order valence-corrected chi connectivity index (χ0v) is 16.5. The van der Waals surface area contributed by atoms with E-state index in [0.29, 0.717) is 17.1 Å². The minimum Gasteiger partial charge on any atom is -0.495 e. The molecule has 2 aromatic heterocycles. The Kier molecular flexibility index (Phi) is 5.33. The maximum atomic E-state index is 12.3. The molecule has 1 saturated heterocycles. The number of piperazine rings is 1. The third-order valence-corrected chi connectivity index (χ3v) is 4.91. The molecule has 8 nitrogen and oxygen atoms in total. The number of para-hydroxylation sites is 2. The van der Waals surface area contributed by atoms with Crippen molar-refractivity contribution in [3.63, 3.8) is 0 Å². The van der Waals surface area contributed by atoms with E-state index in [1.165, 1.54) is 0 Å². The summed E-state index contributed by atoms with van der Waals surface area (Å²) in [5.41, 5.74) is 1.58. The van der Waals surface area contributed by atoms with Gasteiger partial charge in [0.1, 0.15) is 17.3 Å². The molecule has 1 aliphatic heterocycles. The standard InChI is InChI=1S/C21H23N5O3/c1-15-13-19(24-29-15)23-21(27)16-7-8-20(22-14-16)26-11-9-25(10-12-26)17-5-3-4-6-18(17)28-2/h3-8,13-14H,9-12H2,1-2H3,(H,23,24,27). The summed E-state index contributed by atoms with van der Waals surface area (Å²) in [4.78, 5) is 21.3. The van der Waals surface area contributed by atoms with Crippen LogP contribution in [0.1, 0.15) is 16.1 Å². The zero-order chi connectivity index (χ0) is 20.2. The molecule has 0 atom stereocenters. The lowest BCUT2D eigenvalue weighted by atomic mass is 10.2. The summed E-state index contributed by atoms with van der Waals surface area (Å²) in [6, 6.07) is 13.4. The molecule has 1 fully saturated rings. The van der Waals surface area contributed by atoms with Crippen LogP contribution in [0.3, 0.4) is 0 Å². The highest BCUT2D eigenvalue weighted by atomic mass is 16.5. The Balaban J connectivity index is 1.37. The molecular formula is C21H23N5O3. The highest BCUT2D eigenvalue weighted by molar-refractivity contribution is 6.03. The molecule has 1 amide bonds. The number of hydrogen-bond donors (Lipinski definition) is 1. The first-order valence-corrected chi connectivity index (χ1v) is 9.47. The maximum Gasteiger partial charge on any atom is 0.258 e. The van der Waals surface area contributed by atoms with Gasteiger partial charge in [0.05, 0.1) is 18.4 Å². The first-order valence-electron chi connectivity index (χ1n) is 9.47. The van der Waals surface area contributed by atoms with E-state index in [-0.39, 0.29) is 5.91 Å². The molecule has 150 valence electrons. The predicted molar refractivity (Wildman–Crippen MR) is 111 cm³/mol. The molecule has 0 radical (unpaired) electrons. The maximum absolute atomic E-state index is 12.3. The van der Waals surface area contributed by atoms with Crippen LogP contribution in [-0.2, 0) is 0 Å². The fraction of sp³-hybridized carbons (Fsp3) is 0.286. The van der Waals surface area contributed by atoms with Crippen LogP contribution in [0.15, 0.2) is 53.2 Å². The third kappa shape index (κ3) is 4.16. The van der Waals surface area contributed by atoms with Crippen LogP contribution < -0.4 is 19.9 Å². The minimum absolute atomic E-state index is 0.265. The van der Waals surface area contributed by atoms with Crippen molar-refractivity contribution in [2.75, 3.05) is 48.4 Å². The van der Waals surface area contributed by atoms with E-state index >= 15 is 0 Å². The number of aromatic nitrogens is 2. The van der Waals surface area contributed by atoms with Crippen LogP contribution in [-0.4, -0.2) is 49.3 Å². The summed E-state index contributed by atoms with van der Waals surface area (Å²) in [5.74, 6) is 2.51. The average Bonchev–Trinajstić information content (AvgIpc) is 3.18. The summed E-state index contributed by atoms with van der Waals surface area (Å²) < 4.78 is 10.4. The van der Waals surface area contributed by atoms with E-state index in [0.717, 1.165) is 43.4 Å². The van der Waals surface area contributed by atoms with Crippen molar-refractivity contribution in [3.8, 4) is 5.75 Å². The molecule has 0 saturated carbocycles. The number of anilines is 3. The Hall–Kier alpha value is -3.55. The average molecular weight is 393 g/mol. The molecular weight excluding hydrogens is 370 g/mol. The molecule has 1 N–H and O–H groups in total. The van der Waals surface area contributed by atoms with Gasteiger partial charge in [-0.3, -0.25) is 4.79 Å². The van der Waals surface area contributed by atoms with Crippen molar-refractivity contribution in [1.82, 2.24) is 10.1 Å². The van der Waals surface area contributed by atoms with Crippen molar-refractivity contribution in [2.45, 2.75) is 6.92 Å².